The summed E-state index contributed by atoms with van der Waals surface area (Å²) < 4.78 is 1.01. The Labute approximate surface area is 182 Å². The van der Waals surface area contributed by atoms with E-state index >= 15 is 0 Å². The summed E-state index contributed by atoms with van der Waals surface area (Å²) in [5.74, 6) is 0.216. The molecule has 1 heterocycles. The van der Waals surface area contributed by atoms with Crippen LogP contribution in [-0.4, -0.2) is 10.8 Å². The van der Waals surface area contributed by atoms with E-state index in [0.29, 0.717) is 16.5 Å². The Balaban J connectivity index is 1.76. The Kier molecular flexibility index (Phi) is 5.74. The van der Waals surface area contributed by atoms with Gasteiger partial charge in [-0.1, -0.05) is 63.4 Å². The van der Waals surface area contributed by atoms with Crippen molar-refractivity contribution in [2.75, 3.05) is 0 Å². The van der Waals surface area contributed by atoms with Crippen LogP contribution >= 0.6 is 39.1 Å². The molecule has 3 aromatic rings. The highest BCUT2D eigenvalue weighted by Crippen LogP contribution is 2.36. The molecule has 0 bridgehead atoms. The van der Waals surface area contributed by atoms with Crippen LogP contribution in [0.3, 0.4) is 0 Å². The van der Waals surface area contributed by atoms with Crippen LogP contribution in [0.4, 0.5) is 0 Å². The van der Waals surface area contributed by atoms with Gasteiger partial charge in [-0.05, 0) is 53.6 Å². The number of nitrogens with zero attached hydrogens (tertiary/aromatic N) is 1. The number of hydrogen-bond acceptors (Lipinski definition) is 3. The van der Waals surface area contributed by atoms with Crippen molar-refractivity contribution in [1.29, 1.82) is 0 Å². The van der Waals surface area contributed by atoms with Gasteiger partial charge >= 0.3 is 0 Å². The summed E-state index contributed by atoms with van der Waals surface area (Å²) in [7, 11) is 0. The number of phenolic OH excluding ortho intramolecular Hbond substituents is 1. The van der Waals surface area contributed by atoms with Crippen molar-refractivity contribution in [3.63, 3.8) is 0 Å². The number of halogens is 3. The van der Waals surface area contributed by atoms with Crippen LogP contribution in [0, 0.1) is 0 Å². The van der Waals surface area contributed by atoms with Gasteiger partial charge < -0.3 is 5.11 Å². The molecule has 3 nitrogen and oxygen atoms in total. The highest BCUT2D eigenvalue weighted by Gasteiger charge is 2.27. The maximum absolute atomic E-state index is 10.4. The van der Waals surface area contributed by atoms with Crippen LogP contribution < -0.4 is 5.32 Å². The second-order valence-electron chi connectivity index (χ2n) is 6.66. The van der Waals surface area contributed by atoms with Crippen LogP contribution in [0.2, 0.25) is 10.0 Å². The van der Waals surface area contributed by atoms with Gasteiger partial charge in [0.1, 0.15) is 11.9 Å². The molecule has 0 spiro atoms. The molecule has 4 rings (SSSR count). The Bertz CT molecular complexity index is 1020. The summed E-state index contributed by atoms with van der Waals surface area (Å²) in [6.07, 6.45) is 0.388. The van der Waals surface area contributed by atoms with E-state index in [9.17, 15) is 5.11 Å². The summed E-state index contributed by atoms with van der Waals surface area (Å²) in [6.45, 7) is 0. The van der Waals surface area contributed by atoms with Gasteiger partial charge in [-0.2, -0.15) is 0 Å². The van der Waals surface area contributed by atoms with Crippen molar-refractivity contribution >= 4 is 44.8 Å². The number of rotatable bonds is 3. The SMILES string of the molecule is Oc1ccc(Cl)cc1C1CC(c2ccc(Cl)cc2)=NC(c2ccc(Br)cc2)N1. The molecule has 3 aromatic carbocycles. The lowest BCUT2D eigenvalue weighted by Crippen LogP contribution is -2.33. The van der Waals surface area contributed by atoms with E-state index in [2.05, 4.69) is 21.2 Å². The van der Waals surface area contributed by atoms with Crippen LogP contribution in [0.1, 0.15) is 35.3 Å². The first-order valence-electron chi connectivity index (χ1n) is 8.82. The van der Waals surface area contributed by atoms with Gasteiger partial charge in [0.15, 0.2) is 0 Å². The molecule has 0 aromatic heterocycles. The molecule has 6 heteroatoms. The summed E-state index contributed by atoms with van der Waals surface area (Å²) in [5.41, 5.74) is 3.77. The van der Waals surface area contributed by atoms with E-state index in [0.717, 1.165) is 26.9 Å². The molecule has 0 fully saturated rings. The fourth-order valence-corrected chi connectivity index (χ4v) is 3.91. The minimum atomic E-state index is -0.240. The highest BCUT2D eigenvalue weighted by molar-refractivity contribution is 9.10. The number of nitrogens with one attached hydrogen (secondary N) is 1. The summed E-state index contributed by atoms with van der Waals surface area (Å²) in [5, 5.41) is 15.2. The fourth-order valence-electron chi connectivity index (χ4n) is 3.34. The third kappa shape index (κ3) is 4.26. The van der Waals surface area contributed by atoms with Crippen molar-refractivity contribution in [2.24, 2.45) is 4.99 Å². The van der Waals surface area contributed by atoms with Gasteiger partial charge in [-0.15, -0.1) is 0 Å². The van der Waals surface area contributed by atoms with Crippen molar-refractivity contribution < 1.29 is 5.11 Å². The molecule has 2 N–H and O–H groups in total. The minimum Gasteiger partial charge on any atom is -0.508 e. The van der Waals surface area contributed by atoms with Crippen molar-refractivity contribution in [3.05, 3.63) is 97.9 Å². The van der Waals surface area contributed by atoms with Gasteiger partial charge in [-0.25, -0.2) is 0 Å². The Morgan fingerprint density at radius 3 is 2.32 bits per heavy atom. The first kappa shape index (κ1) is 19.5. The van der Waals surface area contributed by atoms with Crippen LogP contribution in [0.25, 0.3) is 0 Å². The second kappa shape index (κ2) is 8.26. The molecular weight excluding hydrogens is 459 g/mol. The van der Waals surface area contributed by atoms with E-state index in [1.807, 2.05) is 48.5 Å². The van der Waals surface area contributed by atoms with E-state index in [-0.39, 0.29) is 18.0 Å². The van der Waals surface area contributed by atoms with Gasteiger partial charge in [0, 0.05) is 38.3 Å². The zero-order chi connectivity index (χ0) is 19.7. The lowest BCUT2D eigenvalue weighted by molar-refractivity contribution is 0.412. The predicted octanol–water partition coefficient (Wildman–Crippen LogP) is 6.68. The molecule has 2 atom stereocenters. The smallest absolute Gasteiger partial charge is 0.126 e. The van der Waals surface area contributed by atoms with Gasteiger partial charge in [0.25, 0.3) is 0 Å². The topological polar surface area (TPSA) is 44.6 Å². The van der Waals surface area contributed by atoms with Gasteiger partial charge in [0.05, 0.1) is 0 Å². The average Bonchev–Trinajstić information content (AvgIpc) is 2.70. The molecule has 0 saturated heterocycles. The van der Waals surface area contributed by atoms with Crippen LogP contribution in [-0.2, 0) is 0 Å². The molecular formula is C22H17BrCl2N2O. The number of aromatic hydroxyl groups is 1. The summed E-state index contributed by atoms with van der Waals surface area (Å²) in [6, 6.07) is 20.7. The lowest BCUT2D eigenvalue weighted by atomic mass is 9.93. The van der Waals surface area contributed by atoms with Crippen LogP contribution in [0.15, 0.2) is 76.2 Å². The highest BCUT2D eigenvalue weighted by atomic mass is 79.9. The fraction of sp³-hybridized carbons (Fsp3) is 0.136. The van der Waals surface area contributed by atoms with E-state index in [1.165, 1.54) is 0 Å². The molecule has 142 valence electrons. The molecule has 1 aliphatic heterocycles. The third-order valence-corrected chi connectivity index (χ3v) is 5.79. The Hall–Kier alpha value is -1.85. The standard InChI is InChI=1S/C22H17BrCl2N2O/c23-15-5-1-14(2-6-15)22-26-19(13-3-7-16(24)8-4-13)12-20(27-22)18-11-17(25)9-10-21(18)28/h1-11,20,22,27-28H,12H2. The molecule has 0 aliphatic carbocycles. The van der Waals surface area contributed by atoms with Gasteiger partial charge in [0.2, 0.25) is 0 Å². The first-order chi connectivity index (χ1) is 13.5. The number of hydrogen-bond donors (Lipinski definition) is 2. The quantitative estimate of drug-likeness (QED) is 0.443. The van der Waals surface area contributed by atoms with Gasteiger partial charge in [-0.3, -0.25) is 10.3 Å². The van der Waals surface area contributed by atoms with Crippen molar-refractivity contribution in [2.45, 2.75) is 18.6 Å². The maximum Gasteiger partial charge on any atom is 0.126 e. The van der Waals surface area contributed by atoms with Crippen LogP contribution in [0.5, 0.6) is 5.75 Å². The molecule has 28 heavy (non-hydrogen) atoms. The van der Waals surface area contributed by atoms with Crippen molar-refractivity contribution in [3.8, 4) is 5.75 Å². The number of phenols is 1. The molecule has 0 amide bonds. The summed E-state index contributed by atoms with van der Waals surface area (Å²) >= 11 is 15.7. The lowest BCUT2D eigenvalue weighted by Gasteiger charge is -2.31. The summed E-state index contributed by atoms with van der Waals surface area (Å²) in [4.78, 5) is 4.94. The zero-order valence-electron chi connectivity index (χ0n) is 14.7. The number of benzene rings is 3. The second-order valence-corrected chi connectivity index (χ2v) is 8.45. The Morgan fingerprint density at radius 1 is 0.929 bits per heavy atom. The monoisotopic (exact) mass is 474 g/mol. The molecule has 0 saturated carbocycles. The Morgan fingerprint density at radius 2 is 1.61 bits per heavy atom. The third-order valence-electron chi connectivity index (χ3n) is 4.77. The van der Waals surface area contributed by atoms with E-state index in [4.69, 9.17) is 28.2 Å². The molecule has 2 unspecified atom stereocenters. The maximum atomic E-state index is 10.4. The molecule has 0 radical (unpaired) electrons. The van der Waals surface area contributed by atoms with Crippen molar-refractivity contribution in [1.82, 2.24) is 5.32 Å². The first-order valence-corrected chi connectivity index (χ1v) is 10.4. The minimum absolute atomic E-state index is 0.129. The number of aliphatic imine (C=N–C) groups is 1. The molecule has 1 aliphatic rings. The van der Waals surface area contributed by atoms with E-state index in [1.54, 1.807) is 18.2 Å². The zero-order valence-corrected chi connectivity index (χ0v) is 17.8. The predicted molar refractivity (Wildman–Crippen MR) is 118 cm³/mol. The normalized spacial score (nSPS) is 19.3. The average molecular weight is 476 g/mol. The largest absolute Gasteiger partial charge is 0.508 e. The van der Waals surface area contributed by atoms with E-state index < -0.39 is 0 Å².